The molecule has 1 aromatic rings. The van der Waals surface area contributed by atoms with Crippen molar-refractivity contribution in [3.8, 4) is 0 Å². The summed E-state index contributed by atoms with van der Waals surface area (Å²) < 4.78 is 16.5. The number of likely N-dealkylation sites (tertiary alicyclic amines) is 1. The largest absolute Gasteiger partial charge is 0.480 e. The molecule has 9 nitrogen and oxygen atoms in total. The maximum Gasteiger partial charge on any atom is 0.407 e. The van der Waals surface area contributed by atoms with Crippen LogP contribution in [0, 0.1) is 5.92 Å². The van der Waals surface area contributed by atoms with Gasteiger partial charge >= 0.3 is 12.1 Å². The van der Waals surface area contributed by atoms with Gasteiger partial charge in [0.2, 0.25) is 11.8 Å². The highest BCUT2D eigenvalue weighted by molar-refractivity contribution is 7.98. The Balaban J connectivity index is 1.86. The lowest BCUT2D eigenvalue weighted by Crippen LogP contribution is -2.51. The molecule has 35 heavy (non-hydrogen) atoms. The third kappa shape index (κ3) is 8.59. The second kappa shape index (κ2) is 14.2. The van der Waals surface area contributed by atoms with Crippen LogP contribution in [-0.2, 0) is 19.1 Å². The van der Waals surface area contributed by atoms with E-state index in [4.69, 9.17) is 23.2 Å². The number of ether oxygens (including phenoxy) is 1. The molecule has 0 aromatic heterocycles. The van der Waals surface area contributed by atoms with Crippen molar-refractivity contribution in [1.82, 2.24) is 15.5 Å². The Bertz CT molecular complexity index is 973. The lowest BCUT2D eigenvalue weighted by molar-refractivity contribution is -0.142. The fourth-order valence-electron chi connectivity index (χ4n) is 3.32. The van der Waals surface area contributed by atoms with Gasteiger partial charge in [-0.3, -0.25) is 9.59 Å². The molecular weight excluding hydrogens is 524 g/mol. The number of carbonyl (C=O) groups is 4. The Morgan fingerprint density at radius 2 is 1.94 bits per heavy atom. The monoisotopic (exact) mass is 549 g/mol. The number of carboxylic acids is 1. The molecule has 0 unspecified atom stereocenters. The third-order valence-corrected chi connectivity index (χ3v) is 7.04. The summed E-state index contributed by atoms with van der Waals surface area (Å²) in [5.41, 5.74) is 0.610. The zero-order valence-corrected chi connectivity index (χ0v) is 21.2. The van der Waals surface area contributed by atoms with Gasteiger partial charge in [0.05, 0.1) is 16.6 Å². The predicted octanol–water partition coefficient (Wildman–Crippen LogP) is 3.23. The van der Waals surface area contributed by atoms with E-state index in [0.29, 0.717) is 41.5 Å². The van der Waals surface area contributed by atoms with Crippen molar-refractivity contribution in [2.75, 3.05) is 39.2 Å². The van der Waals surface area contributed by atoms with Gasteiger partial charge in [-0.05, 0) is 36.8 Å². The van der Waals surface area contributed by atoms with Crippen LogP contribution in [0.5, 0.6) is 0 Å². The molecular formula is C22H26Cl2FN3O6S. The zero-order chi connectivity index (χ0) is 26.0. The van der Waals surface area contributed by atoms with Gasteiger partial charge in [-0.1, -0.05) is 29.3 Å². The highest BCUT2D eigenvalue weighted by Gasteiger charge is 2.30. The SMILES string of the molecule is CSc1ccc(/C=C/C(=O)N2CCC(C(=O)N[C@@H](CNC(=O)OCCF)C(=O)O)CC2)c(Cl)c1Cl. The number of amides is 3. The molecule has 1 aliphatic heterocycles. The summed E-state index contributed by atoms with van der Waals surface area (Å²) in [6, 6.07) is 2.21. The van der Waals surface area contributed by atoms with Crippen LogP contribution in [0.3, 0.4) is 0 Å². The van der Waals surface area contributed by atoms with E-state index in [1.165, 1.54) is 17.8 Å². The topological polar surface area (TPSA) is 125 Å². The second-order valence-corrected chi connectivity index (χ2v) is 9.13. The first-order valence-corrected chi connectivity index (χ1v) is 12.6. The lowest BCUT2D eigenvalue weighted by Gasteiger charge is -2.31. The third-order valence-electron chi connectivity index (χ3n) is 5.25. The Kier molecular flexibility index (Phi) is 11.6. The molecule has 0 bridgehead atoms. The first kappa shape index (κ1) is 28.7. The number of carboxylic acid groups (broad SMARTS) is 1. The van der Waals surface area contributed by atoms with E-state index in [-0.39, 0.29) is 5.91 Å². The Labute approximate surface area is 216 Å². The van der Waals surface area contributed by atoms with E-state index in [1.807, 2.05) is 12.3 Å². The minimum atomic E-state index is -1.38. The van der Waals surface area contributed by atoms with E-state index in [0.717, 1.165) is 4.90 Å². The number of nitrogens with zero attached hydrogens (tertiary/aromatic N) is 1. The number of hydrogen-bond acceptors (Lipinski definition) is 6. The molecule has 192 valence electrons. The van der Waals surface area contributed by atoms with E-state index in [9.17, 15) is 28.7 Å². The number of carbonyl (C=O) groups excluding carboxylic acids is 3. The number of alkyl carbamates (subject to hydrolysis) is 1. The fourth-order valence-corrected chi connectivity index (χ4v) is 4.49. The smallest absolute Gasteiger partial charge is 0.407 e. The van der Waals surface area contributed by atoms with Gasteiger partial charge in [0.1, 0.15) is 19.3 Å². The fraction of sp³-hybridized carbons (Fsp3) is 0.455. The molecule has 0 radical (unpaired) electrons. The summed E-state index contributed by atoms with van der Waals surface area (Å²) in [4.78, 5) is 50.3. The number of benzene rings is 1. The molecule has 3 N–H and O–H groups in total. The van der Waals surface area contributed by atoms with Crippen LogP contribution in [0.4, 0.5) is 9.18 Å². The molecule has 1 aromatic carbocycles. The van der Waals surface area contributed by atoms with E-state index in [1.54, 1.807) is 17.0 Å². The van der Waals surface area contributed by atoms with Gasteiger partial charge in [0.15, 0.2) is 0 Å². The first-order chi connectivity index (χ1) is 16.7. The van der Waals surface area contributed by atoms with Crippen LogP contribution >= 0.6 is 35.0 Å². The quantitative estimate of drug-likeness (QED) is 0.302. The van der Waals surface area contributed by atoms with Crippen molar-refractivity contribution >= 4 is 64.9 Å². The minimum absolute atomic E-state index is 0.246. The lowest BCUT2D eigenvalue weighted by atomic mass is 9.95. The molecule has 0 saturated carbocycles. The van der Waals surface area contributed by atoms with E-state index >= 15 is 0 Å². The molecule has 2 rings (SSSR count). The summed E-state index contributed by atoms with van der Waals surface area (Å²) in [6.07, 6.45) is 4.57. The number of aliphatic carboxylic acids is 1. The Hall–Kier alpha value is -2.50. The van der Waals surface area contributed by atoms with Crippen molar-refractivity contribution in [3.63, 3.8) is 0 Å². The van der Waals surface area contributed by atoms with Gasteiger partial charge < -0.3 is 25.4 Å². The number of piperidine rings is 1. The summed E-state index contributed by atoms with van der Waals surface area (Å²) >= 11 is 14.0. The second-order valence-electron chi connectivity index (χ2n) is 7.52. The average molecular weight is 550 g/mol. The maximum absolute atomic E-state index is 12.6. The zero-order valence-electron chi connectivity index (χ0n) is 18.9. The van der Waals surface area contributed by atoms with Gasteiger partial charge in [-0.15, -0.1) is 11.8 Å². The van der Waals surface area contributed by atoms with Crippen LogP contribution in [0.15, 0.2) is 23.1 Å². The number of thioether (sulfide) groups is 1. The molecule has 0 spiro atoms. The molecule has 1 atom stereocenters. The highest BCUT2D eigenvalue weighted by Crippen LogP contribution is 2.35. The molecule has 1 saturated heterocycles. The van der Waals surface area contributed by atoms with Crippen LogP contribution in [-0.4, -0.2) is 79.1 Å². The van der Waals surface area contributed by atoms with Gasteiger partial charge in [0, 0.05) is 30.0 Å². The maximum atomic E-state index is 12.6. The summed E-state index contributed by atoms with van der Waals surface area (Å²) in [6.45, 7) is -1.11. The number of alkyl halides is 1. The molecule has 1 aliphatic rings. The van der Waals surface area contributed by atoms with Crippen molar-refractivity contribution in [1.29, 1.82) is 0 Å². The number of hydrogen-bond donors (Lipinski definition) is 3. The van der Waals surface area contributed by atoms with Gasteiger partial charge in [0.25, 0.3) is 0 Å². The molecule has 3 amide bonds. The predicted molar refractivity (Wildman–Crippen MR) is 131 cm³/mol. The van der Waals surface area contributed by atoms with Crippen molar-refractivity contribution < 1.29 is 33.4 Å². The van der Waals surface area contributed by atoms with Crippen molar-refractivity contribution in [2.24, 2.45) is 5.92 Å². The summed E-state index contributed by atoms with van der Waals surface area (Å²) in [5.74, 6) is -2.57. The van der Waals surface area contributed by atoms with Crippen LogP contribution in [0.1, 0.15) is 18.4 Å². The van der Waals surface area contributed by atoms with Crippen LogP contribution in [0.25, 0.3) is 6.08 Å². The number of rotatable bonds is 10. The Morgan fingerprint density at radius 3 is 2.54 bits per heavy atom. The normalized spacial score (nSPS) is 15.0. The molecule has 1 heterocycles. The van der Waals surface area contributed by atoms with Crippen LogP contribution in [0.2, 0.25) is 10.0 Å². The van der Waals surface area contributed by atoms with Gasteiger partial charge in [-0.2, -0.15) is 0 Å². The Morgan fingerprint density at radius 1 is 1.26 bits per heavy atom. The first-order valence-electron chi connectivity index (χ1n) is 10.7. The highest BCUT2D eigenvalue weighted by atomic mass is 35.5. The molecule has 13 heteroatoms. The number of halogens is 3. The summed E-state index contributed by atoms with van der Waals surface area (Å²) in [7, 11) is 0. The van der Waals surface area contributed by atoms with Crippen LogP contribution < -0.4 is 10.6 Å². The summed E-state index contributed by atoms with van der Waals surface area (Å²) in [5, 5.41) is 14.6. The minimum Gasteiger partial charge on any atom is -0.480 e. The van der Waals surface area contributed by atoms with E-state index < -0.39 is 49.8 Å². The number of nitrogens with one attached hydrogen (secondary N) is 2. The van der Waals surface area contributed by atoms with Crippen molar-refractivity contribution in [3.05, 3.63) is 33.8 Å². The standard InChI is InChI=1S/C22H26Cl2FN3O6S/c1-35-16-4-2-13(18(23)19(16)24)3-5-17(29)28-9-6-14(7-10-28)20(30)27-15(21(31)32)12-26-22(33)34-11-8-25/h2-5,14-15H,6-12H2,1H3,(H,26,33)(H,27,30)(H,31,32)/b5-3+/t15-/m0/s1. The molecule has 1 fully saturated rings. The molecule has 0 aliphatic carbocycles. The average Bonchev–Trinajstić information content (AvgIpc) is 2.85. The van der Waals surface area contributed by atoms with E-state index in [2.05, 4.69) is 15.4 Å². The van der Waals surface area contributed by atoms with Gasteiger partial charge in [-0.25, -0.2) is 14.0 Å². The van der Waals surface area contributed by atoms with Crippen molar-refractivity contribution in [2.45, 2.75) is 23.8 Å².